The second-order valence-electron chi connectivity index (χ2n) is 7.03. The van der Waals surface area contributed by atoms with Gasteiger partial charge in [0.2, 0.25) is 0 Å². The van der Waals surface area contributed by atoms with Gasteiger partial charge in [-0.15, -0.1) is 11.3 Å². The third-order valence-electron chi connectivity index (χ3n) is 3.74. The van der Waals surface area contributed by atoms with Gasteiger partial charge in [-0.1, -0.05) is 20.8 Å². The molecule has 0 saturated heterocycles. The highest BCUT2D eigenvalue weighted by Crippen LogP contribution is 2.37. The molecule has 1 atom stereocenters. The fraction of sp³-hybridized carbons (Fsp3) is 0.800. The van der Waals surface area contributed by atoms with Gasteiger partial charge in [0.05, 0.1) is 11.7 Å². The van der Waals surface area contributed by atoms with Crippen molar-refractivity contribution in [3.05, 3.63) is 15.6 Å². The van der Waals surface area contributed by atoms with Crippen molar-refractivity contribution >= 4 is 11.3 Å². The summed E-state index contributed by atoms with van der Waals surface area (Å²) in [6.45, 7) is 6.99. The minimum Gasteiger partial charge on any atom is -0.305 e. The molecule has 0 aromatic carbocycles. The van der Waals surface area contributed by atoms with E-state index in [1.165, 1.54) is 49.2 Å². The molecule has 0 spiro atoms. The van der Waals surface area contributed by atoms with E-state index < -0.39 is 0 Å². The van der Waals surface area contributed by atoms with E-state index in [9.17, 15) is 0 Å². The van der Waals surface area contributed by atoms with Crippen LogP contribution in [0.1, 0.15) is 68.1 Å². The van der Waals surface area contributed by atoms with Crippen molar-refractivity contribution in [3.63, 3.8) is 0 Å². The highest BCUT2D eigenvalue weighted by atomic mass is 32.1. The van der Waals surface area contributed by atoms with E-state index in [1.54, 1.807) is 4.88 Å². The Balaban J connectivity index is 1.77. The Bertz CT molecular complexity index is 405. The summed E-state index contributed by atoms with van der Waals surface area (Å²) >= 11 is 1.97. The number of thiazole rings is 1. The van der Waals surface area contributed by atoms with Gasteiger partial charge in [0.25, 0.3) is 0 Å². The molecule has 0 amide bonds. The van der Waals surface area contributed by atoms with E-state index in [1.807, 2.05) is 11.3 Å². The maximum absolute atomic E-state index is 4.91. The third kappa shape index (κ3) is 2.94. The number of fused-ring (bicyclic) bond motifs is 1. The number of aromatic nitrogens is 1. The number of aryl methyl sites for hydroxylation is 2. The van der Waals surface area contributed by atoms with Crippen molar-refractivity contribution in [2.45, 2.75) is 71.4 Å². The fourth-order valence-electron chi connectivity index (χ4n) is 2.72. The molecule has 0 bridgehead atoms. The van der Waals surface area contributed by atoms with Crippen molar-refractivity contribution in [2.75, 3.05) is 0 Å². The summed E-state index contributed by atoms with van der Waals surface area (Å²) < 4.78 is 0. The summed E-state index contributed by atoms with van der Waals surface area (Å²) in [6.07, 6.45) is 7.68. The van der Waals surface area contributed by atoms with E-state index in [4.69, 9.17) is 4.98 Å². The van der Waals surface area contributed by atoms with Gasteiger partial charge in [-0.3, -0.25) is 0 Å². The average molecular weight is 264 g/mol. The molecular weight excluding hydrogens is 240 g/mol. The highest BCUT2D eigenvalue weighted by molar-refractivity contribution is 7.11. The van der Waals surface area contributed by atoms with E-state index >= 15 is 0 Å². The summed E-state index contributed by atoms with van der Waals surface area (Å²) in [5.41, 5.74) is 1.76. The summed E-state index contributed by atoms with van der Waals surface area (Å²) in [4.78, 5) is 6.47. The molecule has 2 nitrogen and oxygen atoms in total. The normalized spacial score (nSPS) is 21.1. The molecule has 1 saturated carbocycles. The summed E-state index contributed by atoms with van der Waals surface area (Å²) in [7, 11) is 0. The summed E-state index contributed by atoms with van der Waals surface area (Å²) in [5.74, 6) is 0. The predicted molar refractivity (Wildman–Crippen MR) is 77.1 cm³/mol. The molecule has 2 aliphatic carbocycles. The van der Waals surface area contributed by atoms with Gasteiger partial charge in [0.15, 0.2) is 0 Å². The molecular formula is C15H24N2S. The standard InChI is InChI=1S/C15H24N2S/c1-15(2,3)9-12(16-10-7-8-10)14-17-11-5-4-6-13(11)18-14/h10,12,16H,4-9H2,1-3H3. The minimum absolute atomic E-state index is 0.364. The molecule has 18 heavy (non-hydrogen) atoms. The number of nitrogens with one attached hydrogen (secondary N) is 1. The van der Waals surface area contributed by atoms with Crippen LogP contribution in [-0.2, 0) is 12.8 Å². The smallest absolute Gasteiger partial charge is 0.110 e. The van der Waals surface area contributed by atoms with Crippen LogP contribution in [0.2, 0.25) is 0 Å². The Kier molecular flexibility index (Phi) is 3.23. The van der Waals surface area contributed by atoms with Crippen molar-refractivity contribution in [3.8, 4) is 0 Å². The van der Waals surface area contributed by atoms with Crippen LogP contribution in [0, 0.1) is 5.41 Å². The second kappa shape index (κ2) is 4.61. The van der Waals surface area contributed by atoms with Crippen LogP contribution in [0.15, 0.2) is 0 Å². The van der Waals surface area contributed by atoms with Gasteiger partial charge in [-0.25, -0.2) is 4.98 Å². The van der Waals surface area contributed by atoms with E-state index in [0.29, 0.717) is 11.5 Å². The molecule has 100 valence electrons. The van der Waals surface area contributed by atoms with Crippen molar-refractivity contribution in [2.24, 2.45) is 5.41 Å². The lowest BCUT2D eigenvalue weighted by Gasteiger charge is -2.25. The summed E-state index contributed by atoms with van der Waals surface area (Å²) in [6, 6.07) is 1.24. The van der Waals surface area contributed by atoms with Gasteiger partial charge >= 0.3 is 0 Å². The molecule has 3 heteroatoms. The molecule has 1 aromatic rings. The first kappa shape index (κ1) is 12.6. The molecule has 1 unspecified atom stereocenters. The fourth-order valence-corrected chi connectivity index (χ4v) is 3.94. The Morgan fingerprint density at radius 1 is 1.33 bits per heavy atom. The number of nitrogens with zero attached hydrogens (tertiary/aromatic N) is 1. The van der Waals surface area contributed by atoms with Crippen LogP contribution in [0.25, 0.3) is 0 Å². The Morgan fingerprint density at radius 3 is 2.72 bits per heavy atom. The molecule has 2 aliphatic rings. The average Bonchev–Trinajstić information content (AvgIpc) is 2.81. The molecule has 1 heterocycles. The largest absolute Gasteiger partial charge is 0.305 e. The van der Waals surface area contributed by atoms with Gasteiger partial charge < -0.3 is 5.32 Å². The molecule has 1 fully saturated rings. The van der Waals surface area contributed by atoms with Crippen LogP contribution in [-0.4, -0.2) is 11.0 Å². The zero-order chi connectivity index (χ0) is 12.8. The van der Waals surface area contributed by atoms with Gasteiger partial charge in [-0.2, -0.15) is 0 Å². The predicted octanol–water partition coefficient (Wildman–Crippen LogP) is 3.86. The minimum atomic E-state index is 0.364. The molecule has 1 N–H and O–H groups in total. The lowest BCUT2D eigenvalue weighted by molar-refractivity contribution is 0.309. The zero-order valence-corrected chi connectivity index (χ0v) is 12.6. The highest BCUT2D eigenvalue weighted by Gasteiger charge is 2.31. The van der Waals surface area contributed by atoms with E-state index in [0.717, 1.165) is 6.04 Å². The van der Waals surface area contributed by atoms with Crippen molar-refractivity contribution < 1.29 is 0 Å². The molecule has 0 radical (unpaired) electrons. The maximum Gasteiger partial charge on any atom is 0.110 e. The first-order chi connectivity index (χ1) is 8.51. The zero-order valence-electron chi connectivity index (χ0n) is 11.8. The second-order valence-corrected chi connectivity index (χ2v) is 8.15. The molecule has 3 rings (SSSR count). The van der Waals surface area contributed by atoms with Crippen molar-refractivity contribution in [1.29, 1.82) is 0 Å². The Labute approximate surface area is 114 Å². The van der Waals surface area contributed by atoms with Crippen molar-refractivity contribution in [1.82, 2.24) is 10.3 Å². The monoisotopic (exact) mass is 264 g/mol. The van der Waals surface area contributed by atoms with E-state index in [2.05, 4.69) is 26.1 Å². The number of hydrogen-bond donors (Lipinski definition) is 1. The maximum atomic E-state index is 4.91. The quantitative estimate of drug-likeness (QED) is 0.893. The number of hydrogen-bond acceptors (Lipinski definition) is 3. The lowest BCUT2D eigenvalue weighted by Crippen LogP contribution is -2.27. The molecule has 1 aromatic heterocycles. The Morgan fingerprint density at radius 2 is 2.11 bits per heavy atom. The first-order valence-corrected chi connectivity index (χ1v) is 8.07. The van der Waals surface area contributed by atoms with Gasteiger partial charge in [-0.05, 0) is 43.9 Å². The van der Waals surface area contributed by atoms with Crippen LogP contribution < -0.4 is 5.32 Å². The van der Waals surface area contributed by atoms with Crippen LogP contribution in [0.5, 0.6) is 0 Å². The van der Waals surface area contributed by atoms with Crippen LogP contribution >= 0.6 is 11.3 Å². The number of rotatable bonds is 4. The topological polar surface area (TPSA) is 24.9 Å². The van der Waals surface area contributed by atoms with Gasteiger partial charge in [0.1, 0.15) is 5.01 Å². The Hall–Kier alpha value is -0.410. The lowest BCUT2D eigenvalue weighted by atomic mass is 9.88. The first-order valence-electron chi connectivity index (χ1n) is 7.26. The van der Waals surface area contributed by atoms with Crippen LogP contribution in [0.3, 0.4) is 0 Å². The third-order valence-corrected chi connectivity index (χ3v) is 5.01. The van der Waals surface area contributed by atoms with E-state index in [-0.39, 0.29) is 0 Å². The molecule has 0 aliphatic heterocycles. The summed E-state index contributed by atoms with van der Waals surface area (Å²) in [5, 5.41) is 5.15. The van der Waals surface area contributed by atoms with Gasteiger partial charge in [0, 0.05) is 10.9 Å². The van der Waals surface area contributed by atoms with Crippen LogP contribution in [0.4, 0.5) is 0 Å². The SMILES string of the molecule is CC(C)(C)CC(NC1CC1)c1nc2c(s1)CCC2.